The van der Waals surface area contributed by atoms with Gasteiger partial charge >= 0.3 is 0 Å². The first-order valence-corrected chi connectivity index (χ1v) is 8.98. The molecule has 0 radical (unpaired) electrons. The van der Waals surface area contributed by atoms with E-state index >= 15 is 0 Å². The van der Waals surface area contributed by atoms with Crippen LogP contribution in [0.3, 0.4) is 0 Å². The van der Waals surface area contributed by atoms with Gasteiger partial charge in [0.25, 0.3) is 0 Å². The lowest BCUT2D eigenvalue weighted by Gasteiger charge is -2.00. The van der Waals surface area contributed by atoms with E-state index in [0.29, 0.717) is 17.5 Å². The molecule has 0 aliphatic rings. The summed E-state index contributed by atoms with van der Waals surface area (Å²) < 4.78 is 12.0. The maximum absolute atomic E-state index is 5.73. The number of hydrogen-bond acceptors (Lipinski definition) is 8. The lowest BCUT2D eigenvalue weighted by molar-refractivity contribution is 0.415. The second-order valence-electron chi connectivity index (χ2n) is 4.83. The molecule has 4 aromatic rings. The van der Waals surface area contributed by atoms with Crippen LogP contribution in [0, 0.1) is 0 Å². The summed E-state index contributed by atoms with van der Waals surface area (Å²) in [6.07, 6.45) is 1.58. The fourth-order valence-electron chi connectivity index (χ4n) is 2.16. The Kier molecular flexibility index (Phi) is 4.14. The molecule has 0 fully saturated rings. The van der Waals surface area contributed by atoms with Crippen LogP contribution in [0.25, 0.3) is 21.7 Å². The fraction of sp³-hybridized carbons (Fsp3) is 0.125. The molecule has 0 spiro atoms. The zero-order valence-corrected chi connectivity index (χ0v) is 14.3. The monoisotopic (exact) mass is 356 g/mol. The summed E-state index contributed by atoms with van der Waals surface area (Å²) >= 11 is 3.20. The number of ether oxygens (including phenoxy) is 1. The first kappa shape index (κ1) is 15.1. The number of methoxy groups -OCH3 is 1. The lowest BCUT2D eigenvalue weighted by atomic mass is 10.2. The van der Waals surface area contributed by atoms with Gasteiger partial charge in [-0.25, -0.2) is 9.97 Å². The topological polar surface area (TPSA) is 73.9 Å². The summed E-state index contributed by atoms with van der Waals surface area (Å²) in [6, 6.07) is 9.50. The van der Waals surface area contributed by atoms with Crippen LogP contribution >= 0.6 is 23.1 Å². The molecular formula is C16H12N4O2S2. The van der Waals surface area contributed by atoms with Crippen LogP contribution in [0.2, 0.25) is 0 Å². The molecule has 6 nitrogen and oxygen atoms in total. The van der Waals surface area contributed by atoms with Gasteiger partial charge in [-0.3, -0.25) is 0 Å². The normalized spacial score (nSPS) is 11.0. The predicted octanol–water partition coefficient (Wildman–Crippen LogP) is 4.04. The summed E-state index contributed by atoms with van der Waals surface area (Å²) in [5, 5.41) is 11.2. The highest BCUT2D eigenvalue weighted by Crippen LogP contribution is 2.31. The van der Waals surface area contributed by atoms with E-state index in [0.717, 1.165) is 26.6 Å². The third-order valence-electron chi connectivity index (χ3n) is 3.35. The highest BCUT2D eigenvalue weighted by molar-refractivity contribution is 7.98. The Balaban J connectivity index is 1.50. The van der Waals surface area contributed by atoms with Crippen molar-refractivity contribution >= 4 is 33.3 Å². The molecule has 0 bridgehead atoms. The number of thiophene rings is 1. The average molecular weight is 356 g/mol. The summed E-state index contributed by atoms with van der Waals surface area (Å²) in [5.74, 6) is 2.41. The molecule has 3 aromatic heterocycles. The summed E-state index contributed by atoms with van der Waals surface area (Å²) in [6.45, 7) is 0. The summed E-state index contributed by atoms with van der Waals surface area (Å²) in [5.41, 5.74) is 1.82. The van der Waals surface area contributed by atoms with Crippen LogP contribution < -0.4 is 4.74 Å². The minimum absolute atomic E-state index is 0.497. The van der Waals surface area contributed by atoms with Gasteiger partial charge in [-0.05, 0) is 35.7 Å². The van der Waals surface area contributed by atoms with Crippen molar-refractivity contribution in [3.05, 3.63) is 47.9 Å². The Morgan fingerprint density at radius 3 is 2.83 bits per heavy atom. The van der Waals surface area contributed by atoms with Gasteiger partial charge < -0.3 is 9.15 Å². The van der Waals surface area contributed by atoms with Crippen molar-refractivity contribution in [2.24, 2.45) is 0 Å². The Morgan fingerprint density at radius 2 is 2.00 bits per heavy atom. The Bertz CT molecular complexity index is 966. The van der Waals surface area contributed by atoms with Crippen molar-refractivity contribution in [1.29, 1.82) is 0 Å². The molecule has 0 aliphatic carbocycles. The molecule has 0 aliphatic heterocycles. The second-order valence-corrected chi connectivity index (χ2v) is 6.71. The van der Waals surface area contributed by atoms with E-state index in [1.807, 2.05) is 35.7 Å². The number of fused-ring (bicyclic) bond motifs is 1. The van der Waals surface area contributed by atoms with Crippen molar-refractivity contribution < 1.29 is 9.15 Å². The Hall–Kier alpha value is -2.45. The zero-order chi connectivity index (χ0) is 16.4. The molecule has 24 heavy (non-hydrogen) atoms. The van der Waals surface area contributed by atoms with Gasteiger partial charge in [0, 0.05) is 5.56 Å². The average Bonchev–Trinajstić information content (AvgIpc) is 3.29. The van der Waals surface area contributed by atoms with Crippen LogP contribution in [0.15, 0.2) is 51.5 Å². The van der Waals surface area contributed by atoms with Gasteiger partial charge in [0.2, 0.25) is 11.8 Å². The predicted molar refractivity (Wildman–Crippen MR) is 93.3 cm³/mol. The Morgan fingerprint density at radius 1 is 1.12 bits per heavy atom. The van der Waals surface area contributed by atoms with Crippen LogP contribution in [0.5, 0.6) is 5.75 Å². The van der Waals surface area contributed by atoms with Gasteiger partial charge in [0.1, 0.15) is 17.1 Å². The third-order valence-corrected chi connectivity index (χ3v) is 5.36. The molecule has 0 unspecified atom stereocenters. The van der Waals surface area contributed by atoms with Crippen LogP contribution in [0.1, 0.15) is 5.89 Å². The molecule has 0 N–H and O–H groups in total. The highest BCUT2D eigenvalue weighted by atomic mass is 32.2. The molecule has 8 heteroatoms. The van der Waals surface area contributed by atoms with E-state index in [9.17, 15) is 0 Å². The smallest absolute Gasteiger partial charge is 0.247 e. The molecule has 0 atom stereocenters. The SMILES string of the molecule is COc1ccc(-c2nnc(CSc3ncnc4ccsc34)o2)cc1. The maximum Gasteiger partial charge on any atom is 0.247 e. The molecule has 0 saturated heterocycles. The van der Waals surface area contributed by atoms with Gasteiger partial charge in [-0.15, -0.1) is 21.5 Å². The van der Waals surface area contributed by atoms with Gasteiger partial charge in [-0.2, -0.15) is 0 Å². The van der Waals surface area contributed by atoms with Crippen molar-refractivity contribution in [1.82, 2.24) is 20.2 Å². The molecule has 1 aromatic carbocycles. The van der Waals surface area contributed by atoms with Crippen LogP contribution in [-0.4, -0.2) is 27.3 Å². The molecular weight excluding hydrogens is 344 g/mol. The first-order chi connectivity index (χ1) is 11.8. The summed E-state index contributed by atoms with van der Waals surface area (Å²) in [4.78, 5) is 8.58. The van der Waals surface area contributed by atoms with Gasteiger partial charge in [-0.1, -0.05) is 11.8 Å². The van der Waals surface area contributed by atoms with E-state index in [2.05, 4.69) is 20.2 Å². The van der Waals surface area contributed by atoms with Gasteiger partial charge in [0.05, 0.1) is 23.1 Å². The number of aromatic nitrogens is 4. The zero-order valence-electron chi connectivity index (χ0n) is 12.7. The quantitative estimate of drug-likeness (QED) is 0.394. The van der Waals surface area contributed by atoms with Crippen LogP contribution in [-0.2, 0) is 5.75 Å². The van der Waals surface area contributed by atoms with E-state index < -0.39 is 0 Å². The number of thioether (sulfide) groups is 1. The number of nitrogens with zero attached hydrogens (tertiary/aromatic N) is 4. The maximum atomic E-state index is 5.73. The third kappa shape index (κ3) is 2.98. The second kappa shape index (κ2) is 6.58. The van der Waals surface area contributed by atoms with E-state index in [4.69, 9.17) is 9.15 Å². The molecule has 120 valence electrons. The largest absolute Gasteiger partial charge is 0.497 e. The van der Waals surface area contributed by atoms with Crippen molar-refractivity contribution in [3.8, 4) is 17.2 Å². The van der Waals surface area contributed by atoms with E-state index in [1.165, 1.54) is 0 Å². The van der Waals surface area contributed by atoms with Crippen molar-refractivity contribution in [3.63, 3.8) is 0 Å². The molecule has 0 saturated carbocycles. The first-order valence-electron chi connectivity index (χ1n) is 7.11. The van der Waals surface area contributed by atoms with Crippen LogP contribution in [0.4, 0.5) is 0 Å². The fourth-order valence-corrected chi connectivity index (χ4v) is 3.94. The van der Waals surface area contributed by atoms with Gasteiger partial charge in [0.15, 0.2) is 0 Å². The molecule has 4 rings (SSSR count). The molecule has 3 heterocycles. The standard InChI is InChI=1S/C16H12N4O2S2/c1-21-11-4-2-10(3-5-11)15-20-19-13(22-15)8-24-16-14-12(6-7-23-14)17-9-18-16/h2-7,9H,8H2,1H3. The Labute approximate surface area is 145 Å². The lowest BCUT2D eigenvalue weighted by Crippen LogP contribution is -1.85. The summed E-state index contributed by atoms with van der Waals surface area (Å²) in [7, 11) is 1.63. The number of rotatable bonds is 5. The molecule has 0 amide bonds. The van der Waals surface area contributed by atoms with Crippen molar-refractivity contribution in [2.45, 2.75) is 10.8 Å². The number of hydrogen-bond donors (Lipinski definition) is 0. The highest BCUT2D eigenvalue weighted by Gasteiger charge is 2.11. The number of benzene rings is 1. The van der Waals surface area contributed by atoms with Crippen molar-refractivity contribution in [2.75, 3.05) is 7.11 Å². The van der Waals surface area contributed by atoms with E-state index in [1.54, 1.807) is 36.5 Å². The minimum atomic E-state index is 0.497. The minimum Gasteiger partial charge on any atom is -0.497 e. The van der Waals surface area contributed by atoms with E-state index in [-0.39, 0.29) is 0 Å².